The van der Waals surface area contributed by atoms with E-state index in [4.69, 9.17) is 0 Å². The molecule has 0 spiro atoms. The molecule has 0 heterocycles. The lowest BCUT2D eigenvalue weighted by Gasteiger charge is -2.19. The lowest BCUT2D eigenvalue weighted by atomic mass is 10.1. The van der Waals surface area contributed by atoms with Crippen molar-refractivity contribution in [2.24, 2.45) is 0 Å². The van der Waals surface area contributed by atoms with Crippen LogP contribution in [0.15, 0.2) is 24.3 Å². The van der Waals surface area contributed by atoms with Gasteiger partial charge in [0.15, 0.2) is 0 Å². The van der Waals surface area contributed by atoms with Crippen molar-refractivity contribution in [3.05, 3.63) is 35.4 Å². The molecule has 1 aromatic rings. The highest BCUT2D eigenvalue weighted by molar-refractivity contribution is 5.75. The maximum atomic E-state index is 12.4. The summed E-state index contributed by atoms with van der Waals surface area (Å²) in [5.41, 5.74) is -0.0202. The third-order valence-corrected chi connectivity index (χ3v) is 2.79. The molecule has 0 saturated heterocycles. The number of esters is 1. The fraction of sp³-hybridized carbons (Fsp3) is 0.462. The standard InChI is InChI=1S/C13H16F3NO2/c1-8(17-9(2)12(18)19-3)10-4-6-11(7-5-10)13(14,15)16/h4-9,17H,1-3H3/t8-,9-/m0/s1. The minimum atomic E-state index is -4.34. The molecule has 2 atom stereocenters. The number of hydrogen-bond donors (Lipinski definition) is 1. The van der Waals surface area contributed by atoms with Crippen molar-refractivity contribution in [1.82, 2.24) is 5.32 Å². The molecule has 6 heteroatoms. The molecule has 0 aromatic heterocycles. The topological polar surface area (TPSA) is 38.3 Å². The fourth-order valence-corrected chi connectivity index (χ4v) is 1.68. The number of carbonyl (C=O) groups is 1. The van der Waals surface area contributed by atoms with E-state index >= 15 is 0 Å². The summed E-state index contributed by atoms with van der Waals surface area (Å²) in [6.45, 7) is 3.40. The van der Waals surface area contributed by atoms with Gasteiger partial charge >= 0.3 is 12.1 Å². The number of benzene rings is 1. The predicted molar refractivity (Wildman–Crippen MR) is 64.5 cm³/mol. The number of nitrogens with one attached hydrogen (secondary N) is 1. The number of halogens is 3. The summed E-state index contributed by atoms with van der Waals surface area (Å²) in [5, 5.41) is 2.95. The zero-order valence-electron chi connectivity index (χ0n) is 10.9. The van der Waals surface area contributed by atoms with E-state index in [9.17, 15) is 18.0 Å². The predicted octanol–water partition coefficient (Wildman–Crippen LogP) is 2.92. The van der Waals surface area contributed by atoms with Crippen molar-refractivity contribution in [2.75, 3.05) is 7.11 Å². The van der Waals surface area contributed by atoms with Crippen molar-refractivity contribution < 1.29 is 22.7 Å². The summed E-state index contributed by atoms with van der Waals surface area (Å²) >= 11 is 0. The average molecular weight is 275 g/mol. The molecule has 1 rings (SSSR count). The van der Waals surface area contributed by atoms with Crippen LogP contribution in [0, 0.1) is 0 Å². The molecule has 0 fully saturated rings. The largest absolute Gasteiger partial charge is 0.468 e. The summed E-state index contributed by atoms with van der Waals surface area (Å²) in [6.07, 6.45) is -4.34. The SMILES string of the molecule is COC(=O)[C@H](C)N[C@@H](C)c1ccc(C(F)(F)F)cc1. The number of methoxy groups -OCH3 is 1. The second-order valence-corrected chi connectivity index (χ2v) is 4.25. The molecule has 3 nitrogen and oxygen atoms in total. The lowest BCUT2D eigenvalue weighted by molar-refractivity contribution is -0.142. The first-order valence-electron chi connectivity index (χ1n) is 5.76. The quantitative estimate of drug-likeness (QED) is 0.859. The van der Waals surface area contributed by atoms with Crippen LogP contribution >= 0.6 is 0 Å². The van der Waals surface area contributed by atoms with Gasteiger partial charge in [-0.15, -0.1) is 0 Å². The average Bonchev–Trinajstić information content (AvgIpc) is 2.36. The third kappa shape index (κ3) is 4.24. The van der Waals surface area contributed by atoms with E-state index in [1.54, 1.807) is 13.8 Å². The molecule has 0 aliphatic heterocycles. The summed E-state index contributed by atoms with van der Waals surface area (Å²) in [7, 11) is 1.28. The van der Waals surface area contributed by atoms with Crippen molar-refractivity contribution in [1.29, 1.82) is 0 Å². The van der Waals surface area contributed by atoms with Crippen LogP contribution < -0.4 is 5.32 Å². The molecule has 0 radical (unpaired) electrons. The lowest BCUT2D eigenvalue weighted by Crippen LogP contribution is -2.36. The summed E-state index contributed by atoms with van der Waals surface area (Å²) in [5.74, 6) is -0.418. The van der Waals surface area contributed by atoms with Crippen LogP contribution in [-0.4, -0.2) is 19.1 Å². The van der Waals surface area contributed by atoms with E-state index in [-0.39, 0.29) is 6.04 Å². The van der Waals surface area contributed by atoms with Crippen molar-refractivity contribution in [3.63, 3.8) is 0 Å². The first-order valence-corrected chi connectivity index (χ1v) is 5.76. The maximum Gasteiger partial charge on any atom is 0.416 e. The fourth-order valence-electron chi connectivity index (χ4n) is 1.68. The highest BCUT2D eigenvalue weighted by Crippen LogP contribution is 2.29. The van der Waals surface area contributed by atoms with Gasteiger partial charge < -0.3 is 4.74 Å². The Kier molecular flexibility index (Phi) is 4.94. The molecule has 1 aromatic carbocycles. The van der Waals surface area contributed by atoms with Crippen LogP contribution in [0.4, 0.5) is 13.2 Å². The minimum Gasteiger partial charge on any atom is -0.468 e. The number of alkyl halides is 3. The molecule has 0 aliphatic carbocycles. The van der Waals surface area contributed by atoms with Gasteiger partial charge in [0.2, 0.25) is 0 Å². The van der Waals surface area contributed by atoms with Gasteiger partial charge in [0.25, 0.3) is 0 Å². The highest BCUT2D eigenvalue weighted by atomic mass is 19.4. The van der Waals surface area contributed by atoms with Crippen LogP contribution in [0.1, 0.15) is 31.0 Å². The van der Waals surface area contributed by atoms with E-state index in [1.165, 1.54) is 19.2 Å². The van der Waals surface area contributed by atoms with Gasteiger partial charge in [0.1, 0.15) is 6.04 Å². The molecule has 106 valence electrons. The zero-order valence-corrected chi connectivity index (χ0v) is 10.9. The Morgan fingerprint density at radius 2 is 1.74 bits per heavy atom. The summed E-state index contributed by atoms with van der Waals surface area (Å²) < 4.78 is 41.8. The molecule has 0 aliphatic rings. The molecule has 0 unspecified atom stereocenters. The first kappa shape index (κ1) is 15.5. The van der Waals surface area contributed by atoms with Gasteiger partial charge in [0, 0.05) is 6.04 Å². The van der Waals surface area contributed by atoms with Crippen molar-refractivity contribution in [2.45, 2.75) is 32.1 Å². The molecule has 19 heavy (non-hydrogen) atoms. The van der Waals surface area contributed by atoms with Crippen LogP contribution in [-0.2, 0) is 15.7 Å². The maximum absolute atomic E-state index is 12.4. The Hall–Kier alpha value is -1.56. The van der Waals surface area contributed by atoms with Crippen molar-refractivity contribution in [3.8, 4) is 0 Å². The highest BCUT2D eigenvalue weighted by Gasteiger charge is 2.30. The third-order valence-electron chi connectivity index (χ3n) is 2.79. The summed E-state index contributed by atoms with van der Waals surface area (Å²) in [4.78, 5) is 11.2. The molecule has 1 N–H and O–H groups in total. The van der Waals surface area contributed by atoms with Crippen molar-refractivity contribution >= 4 is 5.97 Å². The summed E-state index contributed by atoms with van der Waals surface area (Å²) in [6, 6.07) is 4.06. The molecule has 0 bridgehead atoms. The van der Waals surface area contributed by atoms with Gasteiger partial charge in [-0.25, -0.2) is 0 Å². The van der Waals surface area contributed by atoms with Crippen LogP contribution in [0.3, 0.4) is 0 Å². The Balaban J connectivity index is 2.73. The number of carbonyl (C=O) groups excluding carboxylic acids is 1. The van der Waals surface area contributed by atoms with E-state index in [2.05, 4.69) is 10.1 Å². The molecular formula is C13H16F3NO2. The Morgan fingerprint density at radius 1 is 1.21 bits per heavy atom. The Labute approximate surface area is 109 Å². The second kappa shape index (κ2) is 6.06. The van der Waals surface area contributed by atoms with E-state index < -0.39 is 23.8 Å². The van der Waals surface area contributed by atoms with Gasteiger partial charge in [-0.2, -0.15) is 13.2 Å². The van der Waals surface area contributed by atoms with Crippen LogP contribution in [0.25, 0.3) is 0 Å². The van der Waals surface area contributed by atoms with E-state index in [1.807, 2.05) is 0 Å². The molecule has 0 saturated carbocycles. The number of ether oxygens (including phenoxy) is 1. The normalized spacial score (nSPS) is 14.8. The Bertz CT molecular complexity index is 429. The second-order valence-electron chi connectivity index (χ2n) is 4.25. The first-order chi connectivity index (χ1) is 8.75. The van der Waals surface area contributed by atoms with Gasteiger partial charge in [-0.1, -0.05) is 12.1 Å². The van der Waals surface area contributed by atoms with Gasteiger partial charge in [-0.3, -0.25) is 10.1 Å². The number of rotatable bonds is 4. The number of hydrogen-bond acceptors (Lipinski definition) is 3. The van der Waals surface area contributed by atoms with E-state index in [0.717, 1.165) is 12.1 Å². The smallest absolute Gasteiger partial charge is 0.416 e. The van der Waals surface area contributed by atoms with Gasteiger partial charge in [-0.05, 0) is 31.5 Å². The Morgan fingerprint density at radius 3 is 2.16 bits per heavy atom. The molecule has 0 amide bonds. The van der Waals surface area contributed by atoms with Gasteiger partial charge in [0.05, 0.1) is 12.7 Å². The minimum absolute atomic E-state index is 0.253. The monoisotopic (exact) mass is 275 g/mol. The molecular weight excluding hydrogens is 259 g/mol. The van der Waals surface area contributed by atoms with Crippen LogP contribution in [0.2, 0.25) is 0 Å². The van der Waals surface area contributed by atoms with Crippen LogP contribution in [0.5, 0.6) is 0 Å². The van der Waals surface area contributed by atoms with E-state index in [0.29, 0.717) is 5.56 Å². The zero-order chi connectivity index (χ0) is 14.6.